The summed E-state index contributed by atoms with van der Waals surface area (Å²) >= 11 is 0. The molecule has 2 heteroatoms. The molecule has 0 saturated heterocycles. The maximum atomic E-state index is 10.9. The van der Waals surface area contributed by atoms with Gasteiger partial charge in [-0.3, -0.25) is 4.98 Å². The third-order valence-electron chi connectivity index (χ3n) is 4.19. The van der Waals surface area contributed by atoms with Gasteiger partial charge in [0.05, 0.1) is 0 Å². The minimum Gasteiger partial charge on any atom is -0.384 e. The van der Waals surface area contributed by atoms with Crippen LogP contribution in [0, 0.1) is 20.8 Å². The number of aliphatic hydroxyl groups excluding tert-OH is 1. The minimum atomic E-state index is -0.628. The van der Waals surface area contributed by atoms with Gasteiger partial charge in [-0.2, -0.15) is 0 Å². The number of aliphatic hydroxyl groups is 1. The Morgan fingerprint density at radius 1 is 0.905 bits per heavy atom. The summed E-state index contributed by atoms with van der Waals surface area (Å²) in [7, 11) is 0. The van der Waals surface area contributed by atoms with Crippen LogP contribution in [-0.2, 0) is 0 Å². The number of aromatic nitrogens is 1. The van der Waals surface area contributed by atoms with Crippen molar-refractivity contribution in [3.8, 4) is 0 Å². The Bertz CT molecular complexity index is 803. The summed E-state index contributed by atoms with van der Waals surface area (Å²) in [5, 5.41) is 13.0. The third kappa shape index (κ3) is 2.43. The van der Waals surface area contributed by atoms with Crippen molar-refractivity contribution in [1.29, 1.82) is 0 Å². The fourth-order valence-corrected chi connectivity index (χ4v) is 2.82. The maximum Gasteiger partial charge on any atom is 0.105 e. The number of hydrogen-bond donors (Lipinski definition) is 1. The summed E-state index contributed by atoms with van der Waals surface area (Å²) in [5.41, 5.74) is 5.45. The van der Waals surface area contributed by atoms with Gasteiger partial charge in [-0.15, -0.1) is 0 Å². The molecule has 0 saturated carbocycles. The molecular formula is C19H19NO. The summed E-state index contributed by atoms with van der Waals surface area (Å²) < 4.78 is 0. The van der Waals surface area contributed by atoms with Gasteiger partial charge in [-0.25, -0.2) is 0 Å². The van der Waals surface area contributed by atoms with Crippen LogP contribution in [0.3, 0.4) is 0 Å². The number of fused-ring (bicyclic) bond motifs is 1. The van der Waals surface area contributed by atoms with Crippen molar-refractivity contribution in [2.75, 3.05) is 0 Å². The zero-order valence-electron chi connectivity index (χ0n) is 12.6. The molecule has 0 aliphatic rings. The lowest BCUT2D eigenvalue weighted by molar-refractivity contribution is 0.221. The van der Waals surface area contributed by atoms with Crippen molar-refractivity contribution < 1.29 is 5.11 Å². The average Bonchev–Trinajstić information content (AvgIpc) is 2.49. The first-order valence-electron chi connectivity index (χ1n) is 7.16. The van der Waals surface area contributed by atoms with Crippen molar-refractivity contribution in [1.82, 2.24) is 4.98 Å². The lowest BCUT2D eigenvalue weighted by Gasteiger charge is -2.18. The molecule has 0 bridgehead atoms. The third-order valence-corrected chi connectivity index (χ3v) is 4.19. The molecule has 0 aliphatic carbocycles. The van der Waals surface area contributed by atoms with Crippen LogP contribution < -0.4 is 0 Å². The minimum absolute atomic E-state index is 0.628. The topological polar surface area (TPSA) is 33.1 Å². The standard InChI is InChI=1S/C19H19NO/c1-12-9-14(3)17(10-13(12)2)19(21)16-6-4-5-15-7-8-20-11-18(15)16/h4-11,19,21H,1-3H3. The molecule has 1 heterocycles. The Morgan fingerprint density at radius 2 is 1.67 bits per heavy atom. The molecule has 3 rings (SSSR count). The zero-order valence-corrected chi connectivity index (χ0v) is 12.6. The van der Waals surface area contributed by atoms with Crippen molar-refractivity contribution in [3.05, 3.63) is 76.6 Å². The highest BCUT2D eigenvalue weighted by molar-refractivity contribution is 5.85. The van der Waals surface area contributed by atoms with Crippen LogP contribution in [0.4, 0.5) is 0 Å². The molecule has 0 spiro atoms. The Balaban J connectivity index is 2.17. The lowest BCUT2D eigenvalue weighted by Crippen LogP contribution is -2.04. The number of rotatable bonds is 2. The normalized spacial score (nSPS) is 12.6. The van der Waals surface area contributed by atoms with E-state index in [1.54, 1.807) is 6.20 Å². The van der Waals surface area contributed by atoms with E-state index >= 15 is 0 Å². The predicted octanol–water partition coefficient (Wildman–Crippen LogP) is 4.24. The largest absolute Gasteiger partial charge is 0.384 e. The molecule has 0 radical (unpaired) electrons. The van der Waals surface area contributed by atoms with E-state index in [0.717, 1.165) is 27.5 Å². The van der Waals surface area contributed by atoms with E-state index in [2.05, 4.69) is 31.0 Å². The van der Waals surface area contributed by atoms with Crippen molar-refractivity contribution >= 4 is 10.8 Å². The molecule has 0 aliphatic heterocycles. The number of benzene rings is 2. The van der Waals surface area contributed by atoms with E-state index < -0.39 is 6.10 Å². The first-order chi connectivity index (χ1) is 10.1. The van der Waals surface area contributed by atoms with Gasteiger partial charge in [0.25, 0.3) is 0 Å². The van der Waals surface area contributed by atoms with Gasteiger partial charge in [0.15, 0.2) is 0 Å². The summed E-state index contributed by atoms with van der Waals surface area (Å²) in [6, 6.07) is 12.2. The van der Waals surface area contributed by atoms with Crippen LogP contribution in [-0.4, -0.2) is 10.1 Å². The predicted molar refractivity (Wildman–Crippen MR) is 86.5 cm³/mol. The smallest absolute Gasteiger partial charge is 0.105 e. The van der Waals surface area contributed by atoms with Crippen LogP contribution >= 0.6 is 0 Å². The van der Waals surface area contributed by atoms with Crippen molar-refractivity contribution in [2.45, 2.75) is 26.9 Å². The van der Waals surface area contributed by atoms with Crippen LogP contribution in [0.15, 0.2) is 48.8 Å². The Morgan fingerprint density at radius 3 is 2.48 bits per heavy atom. The molecule has 106 valence electrons. The zero-order chi connectivity index (χ0) is 15.0. The Hall–Kier alpha value is -2.19. The summed E-state index contributed by atoms with van der Waals surface area (Å²) in [6.07, 6.45) is 2.97. The van der Waals surface area contributed by atoms with Crippen LogP contribution in [0.5, 0.6) is 0 Å². The first-order valence-corrected chi connectivity index (χ1v) is 7.16. The van der Waals surface area contributed by atoms with E-state index in [1.807, 2.05) is 37.4 Å². The molecular weight excluding hydrogens is 258 g/mol. The summed E-state index contributed by atoms with van der Waals surface area (Å²) in [6.45, 7) is 6.23. The molecule has 0 amide bonds. The van der Waals surface area contributed by atoms with Gasteiger partial charge in [0, 0.05) is 17.8 Å². The van der Waals surface area contributed by atoms with E-state index in [9.17, 15) is 5.11 Å². The molecule has 3 aromatic rings. The molecule has 1 atom stereocenters. The van der Waals surface area contributed by atoms with Crippen LogP contribution in [0.2, 0.25) is 0 Å². The molecule has 0 fully saturated rings. The van der Waals surface area contributed by atoms with Crippen LogP contribution in [0.1, 0.15) is 33.9 Å². The second-order valence-corrected chi connectivity index (χ2v) is 5.64. The van der Waals surface area contributed by atoms with Gasteiger partial charge >= 0.3 is 0 Å². The van der Waals surface area contributed by atoms with E-state index in [1.165, 1.54) is 11.1 Å². The fraction of sp³-hybridized carbons (Fsp3) is 0.211. The number of hydrogen-bond acceptors (Lipinski definition) is 2. The second-order valence-electron chi connectivity index (χ2n) is 5.64. The molecule has 1 aromatic heterocycles. The lowest BCUT2D eigenvalue weighted by atomic mass is 9.91. The first kappa shape index (κ1) is 13.8. The van der Waals surface area contributed by atoms with Crippen molar-refractivity contribution in [2.24, 2.45) is 0 Å². The molecule has 21 heavy (non-hydrogen) atoms. The highest BCUT2D eigenvalue weighted by atomic mass is 16.3. The highest BCUT2D eigenvalue weighted by Gasteiger charge is 2.16. The summed E-state index contributed by atoms with van der Waals surface area (Å²) in [5.74, 6) is 0. The van der Waals surface area contributed by atoms with E-state index in [-0.39, 0.29) is 0 Å². The van der Waals surface area contributed by atoms with Gasteiger partial charge in [-0.05, 0) is 60.0 Å². The van der Waals surface area contributed by atoms with Gasteiger partial charge in [-0.1, -0.05) is 30.3 Å². The SMILES string of the molecule is Cc1cc(C)c(C(O)c2cccc3ccncc23)cc1C. The fourth-order valence-electron chi connectivity index (χ4n) is 2.82. The van der Waals surface area contributed by atoms with Gasteiger partial charge < -0.3 is 5.11 Å². The van der Waals surface area contributed by atoms with Gasteiger partial charge in [0.1, 0.15) is 6.10 Å². The van der Waals surface area contributed by atoms with Gasteiger partial charge in [0.2, 0.25) is 0 Å². The van der Waals surface area contributed by atoms with E-state index in [4.69, 9.17) is 0 Å². The van der Waals surface area contributed by atoms with Crippen LogP contribution in [0.25, 0.3) is 10.8 Å². The van der Waals surface area contributed by atoms with E-state index in [0.29, 0.717) is 0 Å². The number of pyridine rings is 1. The second kappa shape index (κ2) is 5.30. The number of aryl methyl sites for hydroxylation is 3. The quantitative estimate of drug-likeness (QED) is 0.760. The molecule has 1 N–H and O–H groups in total. The highest BCUT2D eigenvalue weighted by Crippen LogP contribution is 2.31. The number of nitrogens with zero attached hydrogens (tertiary/aromatic N) is 1. The monoisotopic (exact) mass is 277 g/mol. The average molecular weight is 277 g/mol. The molecule has 2 aromatic carbocycles. The summed E-state index contributed by atoms with van der Waals surface area (Å²) in [4.78, 5) is 4.19. The molecule has 2 nitrogen and oxygen atoms in total. The Kier molecular flexibility index (Phi) is 3.48. The maximum absolute atomic E-state index is 10.9. The Labute approximate surface area is 125 Å². The van der Waals surface area contributed by atoms with Crippen molar-refractivity contribution in [3.63, 3.8) is 0 Å². The molecule has 1 unspecified atom stereocenters.